The average Bonchev–Trinajstić information content (AvgIpc) is 3.85. The number of nitrogens with zero attached hydrogens (tertiary/aromatic N) is 3. The summed E-state index contributed by atoms with van der Waals surface area (Å²) in [5, 5.41) is 3.86. The summed E-state index contributed by atoms with van der Waals surface area (Å²) in [5.41, 5.74) is 11.1. The van der Waals surface area contributed by atoms with Crippen LogP contribution in [0.25, 0.3) is 104 Å². The number of rotatable bonds is 6. The molecule has 0 radical (unpaired) electrons. The Morgan fingerprint density at radius 3 is 1.68 bits per heavy atom. The van der Waals surface area contributed by atoms with Crippen LogP contribution in [0, 0.1) is 0 Å². The molecule has 0 spiro atoms. The van der Waals surface area contributed by atoms with E-state index in [1.165, 1.54) is 51.8 Å². The fourth-order valence-corrected chi connectivity index (χ4v) is 10.6. The molecule has 7 aromatic carbocycles. The predicted molar refractivity (Wildman–Crippen MR) is 243 cm³/mol. The summed E-state index contributed by atoms with van der Waals surface area (Å²) in [6.45, 7) is 2.34. The SMILES string of the molecule is CC1CC=Cc2c1sc1cc(-c3cc(-c4ccccc4)cc(-c4nc(-c5ccc(-c6ccccc6)cc5)nc(-c5ccc6c(c5)sc5ccccc56)n4)c3)ccc21. The second-order valence-electron chi connectivity index (χ2n) is 14.9. The molecular formula is C52H35N3S2. The molecule has 11 rings (SSSR count). The largest absolute Gasteiger partial charge is 0.208 e. The molecule has 1 aliphatic rings. The van der Waals surface area contributed by atoms with Crippen LogP contribution in [0.15, 0.2) is 170 Å². The molecule has 0 amide bonds. The molecule has 3 aromatic heterocycles. The van der Waals surface area contributed by atoms with Crippen LogP contribution in [-0.4, -0.2) is 15.0 Å². The lowest BCUT2D eigenvalue weighted by Gasteiger charge is -2.13. The van der Waals surface area contributed by atoms with Gasteiger partial charge in [0.25, 0.3) is 0 Å². The first-order valence-electron chi connectivity index (χ1n) is 19.4. The molecular weight excluding hydrogens is 731 g/mol. The highest BCUT2D eigenvalue weighted by molar-refractivity contribution is 7.25. The van der Waals surface area contributed by atoms with Gasteiger partial charge in [-0.15, -0.1) is 22.7 Å². The number of thiophene rings is 2. The zero-order chi connectivity index (χ0) is 37.9. The first kappa shape index (κ1) is 33.8. The minimum atomic E-state index is 0.542. The van der Waals surface area contributed by atoms with Crippen molar-refractivity contribution in [2.45, 2.75) is 19.3 Å². The third-order valence-electron chi connectivity index (χ3n) is 11.1. The van der Waals surface area contributed by atoms with E-state index < -0.39 is 0 Å². The van der Waals surface area contributed by atoms with E-state index in [4.69, 9.17) is 15.0 Å². The number of benzene rings is 7. The zero-order valence-electron chi connectivity index (χ0n) is 31.2. The maximum atomic E-state index is 5.27. The van der Waals surface area contributed by atoms with E-state index in [2.05, 4.69) is 177 Å². The van der Waals surface area contributed by atoms with Crippen LogP contribution >= 0.6 is 22.7 Å². The molecule has 0 saturated heterocycles. The fraction of sp³-hybridized carbons (Fsp3) is 0.0577. The van der Waals surface area contributed by atoms with E-state index >= 15 is 0 Å². The van der Waals surface area contributed by atoms with Gasteiger partial charge in [-0.3, -0.25) is 0 Å². The van der Waals surface area contributed by atoms with Crippen LogP contribution in [0.4, 0.5) is 0 Å². The lowest BCUT2D eigenvalue weighted by Crippen LogP contribution is -2.00. The Bertz CT molecular complexity index is 3160. The van der Waals surface area contributed by atoms with Gasteiger partial charge in [-0.2, -0.15) is 0 Å². The van der Waals surface area contributed by atoms with Gasteiger partial charge in [0, 0.05) is 51.8 Å². The monoisotopic (exact) mass is 765 g/mol. The summed E-state index contributed by atoms with van der Waals surface area (Å²) in [5.74, 6) is 2.48. The highest BCUT2D eigenvalue weighted by Gasteiger charge is 2.20. The molecule has 1 aliphatic carbocycles. The van der Waals surface area contributed by atoms with Crippen molar-refractivity contribution < 1.29 is 0 Å². The van der Waals surface area contributed by atoms with Crippen LogP contribution in [0.3, 0.4) is 0 Å². The molecule has 0 aliphatic heterocycles. The lowest BCUT2D eigenvalue weighted by atomic mass is 9.93. The Morgan fingerprint density at radius 2 is 0.912 bits per heavy atom. The maximum absolute atomic E-state index is 5.27. The summed E-state index contributed by atoms with van der Waals surface area (Å²) < 4.78 is 3.81. The summed E-state index contributed by atoms with van der Waals surface area (Å²) in [6.07, 6.45) is 5.73. The van der Waals surface area contributed by atoms with Gasteiger partial charge in [0.15, 0.2) is 17.5 Å². The van der Waals surface area contributed by atoms with Gasteiger partial charge >= 0.3 is 0 Å². The van der Waals surface area contributed by atoms with E-state index in [0.29, 0.717) is 23.4 Å². The molecule has 1 atom stereocenters. The molecule has 1 unspecified atom stereocenters. The topological polar surface area (TPSA) is 38.7 Å². The Kier molecular flexibility index (Phi) is 8.23. The van der Waals surface area contributed by atoms with Gasteiger partial charge in [0.05, 0.1) is 0 Å². The highest BCUT2D eigenvalue weighted by Crippen LogP contribution is 2.43. The molecule has 5 heteroatoms. The lowest BCUT2D eigenvalue weighted by molar-refractivity contribution is 0.791. The molecule has 0 saturated carbocycles. The van der Waals surface area contributed by atoms with Crippen molar-refractivity contribution in [2.24, 2.45) is 0 Å². The van der Waals surface area contributed by atoms with Crippen LogP contribution < -0.4 is 0 Å². The van der Waals surface area contributed by atoms with E-state index in [1.54, 1.807) is 11.3 Å². The van der Waals surface area contributed by atoms with Crippen LogP contribution in [0.2, 0.25) is 0 Å². The fourth-order valence-electron chi connectivity index (χ4n) is 8.14. The molecule has 3 heterocycles. The molecule has 3 nitrogen and oxygen atoms in total. The van der Waals surface area contributed by atoms with E-state index in [0.717, 1.165) is 45.4 Å². The first-order valence-corrected chi connectivity index (χ1v) is 21.0. The van der Waals surface area contributed by atoms with Gasteiger partial charge < -0.3 is 0 Å². The predicted octanol–water partition coefficient (Wildman–Crippen LogP) is 15.0. The van der Waals surface area contributed by atoms with Crippen LogP contribution in [0.1, 0.15) is 29.7 Å². The van der Waals surface area contributed by atoms with Gasteiger partial charge in [-0.25, -0.2) is 15.0 Å². The number of hydrogen-bond donors (Lipinski definition) is 0. The third-order valence-corrected chi connectivity index (χ3v) is 13.7. The van der Waals surface area contributed by atoms with Crippen molar-refractivity contribution >= 4 is 59.0 Å². The zero-order valence-corrected chi connectivity index (χ0v) is 32.8. The number of allylic oxidation sites excluding steroid dienone is 1. The average molecular weight is 766 g/mol. The number of hydrogen-bond acceptors (Lipinski definition) is 5. The first-order chi connectivity index (χ1) is 28.1. The van der Waals surface area contributed by atoms with Gasteiger partial charge in [0.2, 0.25) is 0 Å². The van der Waals surface area contributed by atoms with Crippen molar-refractivity contribution in [1.29, 1.82) is 0 Å². The van der Waals surface area contributed by atoms with E-state index in [9.17, 15) is 0 Å². The van der Waals surface area contributed by atoms with Crippen molar-refractivity contribution in [1.82, 2.24) is 15.0 Å². The Morgan fingerprint density at radius 1 is 0.404 bits per heavy atom. The standard InChI is InChI=1S/C52H35N3S2/c1-32-11-10-17-45-44-25-23-37(30-48(44)57-49(32)45)40-27-39(34-14-6-3-7-15-34)28-41(29-40)52-54-50(36-21-19-35(20-22-36)33-12-4-2-5-13-33)53-51(55-52)38-24-26-43-42-16-8-9-18-46(42)56-47(43)31-38/h2-10,12-32H,11H2,1H3. The Labute approximate surface area is 339 Å². The summed E-state index contributed by atoms with van der Waals surface area (Å²) in [6, 6.07) is 58.6. The molecule has 0 bridgehead atoms. The van der Waals surface area contributed by atoms with E-state index in [1.807, 2.05) is 17.4 Å². The number of aromatic nitrogens is 3. The van der Waals surface area contributed by atoms with Gasteiger partial charge in [-0.1, -0.05) is 146 Å². The number of fused-ring (bicyclic) bond motifs is 6. The van der Waals surface area contributed by atoms with Gasteiger partial charge in [0.1, 0.15) is 0 Å². The quantitative estimate of drug-likeness (QED) is 0.169. The van der Waals surface area contributed by atoms with Crippen LogP contribution in [-0.2, 0) is 0 Å². The highest BCUT2D eigenvalue weighted by atomic mass is 32.1. The van der Waals surface area contributed by atoms with E-state index in [-0.39, 0.29) is 0 Å². The molecule has 0 N–H and O–H groups in total. The van der Waals surface area contributed by atoms with Crippen molar-refractivity contribution in [2.75, 3.05) is 0 Å². The van der Waals surface area contributed by atoms with Crippen LogP contribution in [0.5, 0.6) is 0 Å². The second kappa shape index (κ2) is 13.9. The Hall–Kier alpha value is -6.53. The summed E-state index contributed by atoms with van der Waals surface area (Å²) in [4.78, 5) is 17.2. The third kappa shape index (κ3) is 6.16. The smallest absolute Gasteiger partial charge is 0.164 e. The minimum absolute atomic E-state index is 0.542. The molecule has 270 valence electrons. The van der Waals surface area contributed by atoms with Crippen molar-refractivity contribution in [3.8, 4) is 67.5 Å². The summed E-state index contributed by atoms with van der Waals surface area (Å²) >= 11 is 3.74. The van der Waals surface area contributed by atoms with Gasteiger partial charge in [-0.05, 0) is 87.7 Å². The molecule has 10 aromatic rings. The maximum Gasteiger partial charge on any atom is 0.164 e. The summed E-state index contributed by atoms with van der Waals surface area (Å²) in [7, 11) is 0. The Balaban J connectivity index is 1.09. The van der Waals surface area contributed by atoms with Crippen molar-refractivity contribution in [3.63, 3.8) is 0 Å². The minimum Gasteiger partial charge on any atom is -0.208 e. The molecule has 0 fully saturated rings. The van der Waals surface area contributed by atoms with Crippen molar-refractivity contribution in [3.05, 3.63) is 180 Å². The molecule has 57 heavy (non-hydrogen) atoms. The second-order valence-corrected chi connectivity index (χ2v) is 17.0. The normalized spacial score (nSPS) is 13.7.